The Morgan fingerprint density at radius 1 is 1.17 bits per heavy atom. The molecule has 1 atom stereocenters. The van der Waals surface area contributed by atoms with E-state index in [9.17, 15) is 14.9 Å². The van der Waals surface area contributed by atoms with Gasteiger partial charge in [-0.15, -0.1) is 0 Å². The summed E-state index contributed by atoms with van der Waals surface area (Å²) in [6, 6.07) is 5.69. The maximum absolute atomic E-state index is 12.1. The minimum absolute atomic E-state index is 0.111. The molecule has 198 valence electrons. The van der Waals surface area contributed by atoms with Gasteiger partial charge in [-0.25, -0.2) is 0 Å². The van der Waals surface area contributed by atoms with Gasteiger partial charge in [0.1, 0.15) is 5.69 Å². The highest BCUT2D eigenvalue weighted by Gasteiger charge is 2.40. The maximum atomic E-state index is 12.1. The fraction of sp³-hybridized carbons (Fsp3) is 0.741. The second kappa shape index (κ2) is 11.9. The fourth-order valence-electron chi connectivity index (χ4n) is 4.59. The number of rotatable bonds is 10. The van der Waals surface area contributed by atoms with Gasteiger partial charge < -0.3 is 14.1 Å². The molecule has 0 bridgehead atoms. The van der Waals surface area contributed by atoms with Gasteiger partial charge in [-0.3, -0.25) is 14.9 Å². The number of carbonyl (C=O) groups excluding carboxylic acids is 1. The molecular formula is C27H46N2O5Si. The van der Waals surface area contributed by atoms with Gasteiger partial charge in [0.2, 0.25) is 0 Å². The molecular weight excluding hydrogens is 460 g/mol. The normalized spacial score (nSPS) is 19.9. The van der Waals surface area contributed by atoms with Crippen LogP contribution in [0.1, 0.15) is 85.1 Å². The molecule has 1 aromatic carbocycles. The average Bonchev–Trinajstić information content (AvgIpc) is 2.76. The van der Waals surface area contributed by atoms with E-state index >= 15 is 0 Å². The van der Waals surface area contributed by atoms with Gasteiger partial charge in [0.15, 0.2) is 8.32 Å². The minimum Gasteiger partial charge on any atom is -0.469 e. The summed E-state index contributed by atoms with van der Waals surface area (Å²) in [6.07, 6.45) is 4.35. The molecule has 1 aromatic rings. The molecule has 0 radical (unpaired) electrons. The first kappa shape index (κ1) is 29.3. The van der Waals surface area contributed by atoms with Crippen LogP contribution in [0, 0.1) is 16.0 Å². The third kappa shape index (κ3) is 7.77. The zero-order chi connectivity index (χ0) is 26.6. The number of nitro groups is 1. The van der Waals surface area contributed by atoms with Crippen LogP contribution in [0.25, 0.3) is 0 Å². The first-order chi connectivity index (χ1) is 16.2. The molecule has 1 aliphatic rings. The molecule has 1 saturated carbocycles. The number of anilines is 1. The molecule has 35 heavy (non-hydrogen) atoms. The van der Waals surface area contributed by atoms with E-state index in [1.165, 1.54) is 7.11 Å². The Hall–Kier alpha value is -1.93. The summed E-state index contributed by atoms with van der Waals surface area (Å²) in [6.45, 7) is 18.4. The lowest BCUT2D eigenvalue weighted by Gasteiger charge is -2.43. The minimum atomic E-state index is -1.82. The summed E-state index contributed by atoms with van der Waals surface area (Å²) in [5.74, 6) is -0.104. The molecule has 1 aliphatic carbocycles. The number of hydrogen-bond acceptors (Lipinski definition) is 6. The predicted molar refractivity (Wildman–Crippen MR) is 145 cm³/mol. The van der Waals surface area contributed by atoms with E-state index in [-0.39, 0.29) is 46.1 Å². The Bertz CT molecular complexity index is 873. The SMILES string of the molecule is COC(=O)CC(C)c1ccc(N(CC(C)C)[C@H]2CC[C@H](O[Si](C)(C)C(C)(C)C)CC2)c([N+](=O)[O-])c1. The summed E-state index contributed by atoms with van der Waals surface area (Å²) in [5, 5.41) is 12.3. The highest BCUT2D eigenvalue weighted by molar-refractivity contribution is 6.74. The third-order valence-electron chi connectivity index (χ3n) is 7.69. The van der Waals surface area contributed by atoms with Crippen molar-refractivity contribution >= 4 is 25.7 Å². The fourth-order valence-corrected chi connectivity index (χ4v) is 6.02. The Morgan fingerprint density at radius 2 is 1.77 bits per heavy atom. The molecule has 0 spiro atoms. The molecule has 7 nitrogen and oxygen atoms in total. The number of ether oxygens (including phenoxy) is 1. The molecule has 1 fully saturated rings. The van der Waals surface area contributed by atoms with E-state index in [2.05, 4.69) is 52.6 Å². The zero-order valence-corrected chi connectivity index (χ0v) is 24.2. The van der Waals surface area contributed by atoms with Gasteiger partial charge in [-0.1, -0.05) is 47.6 Å². The van der Waals surface area contributed by atoms with Crippen molar-refractivity contribution < 1.29 is 18.9 Å². The van der Waals surface area contributed by atoms with Gasteiger partial charge in [0.05, 0.1) is 18.5 Å². The molecule has 0 aromatic heterocycles. The lowest BCUT2D eigenvalue weighted by molar-refractivity contribution is -0.384. The second-order valence-electron chi connectivity index (χ2n) is 12.0. The van der Waals surface area contributed by atoms with Crippen LogP contribution >= 0.6 is 0 Å². The highest BCUT2D eigenvalue weighted by Crippen LogP contribution is 2.41. The van der Waals surface area contributed by atoms with Crippen LogP contribution < -0.4 is 4.90 Å². The quantitative estimate of drug-likeness (QED) is 0.146. The van der Waals surface area contributed by atoms with Crippen LogP contribution in [-0.4, -0.2) is 45.0 Å². The Kier molecular flexibility index (Phi) is 9.93. The number of nitrogens with zero attached hydrogens (tertiary/aromatic N) is 2. The highest BCUT2D eigenvalue weighted by atomic mass is 28.4. The average molecular weight is 507 g/mol. The van der Waals surface area contributed by atoms with Crippen LogP contribution in [0.3, 0.4) is 0 Å². The number of hydrogen-bond donors (Lipinski definition) is 0. The van der Waals surface area contributed by atoms with Crippen LogP contribution in [-0.2, 0) is 14.0 Å². The van der Waals surface area contributed by atoms with Crippen molar-refractivity contribution in [2.24, 2.45) is 5.92 Å². The molecule has 2 rings (SSSR count). The lowest BCUT2D eigenvalue weighted by atomic mass is 9.90. The molecule has 0 aliphatic heterocycles. The van der Waals surface area contributed by atoms with E-state index in [0.29, 0.717) is 11.6 Å². The lowest BCUT2D eigenvalue weighted by Crippen LogP contribution is -2.47. The molecule has 0 heterocycles. The first-order valence-corrected chi connectivity index (χ1v) is 15.9. The van der Waals surface area contributed by atoms with Crippen LogP contribution in [0.2, 0.25) is 18.1 Å². The molecule has 0 N–H and O–H groups in total. The van der Waals surface area contributed by atoms with E-state index in [0.717, 1.165) is 37.8 Å². The number of nitro benzene ring substituents is 1. The second-order valence-corrected chi connectivity index (χ2v) is 16.8. The molecule has 0 saturated heterocycles. The topological polar surface area (TPSA) is 81.9 Å². The summed E-state index contributed by atoms with van der Waals surface area (Å²) in [7, 11) is -0.466. The van der Waals surface area contributed by atoms with Crippen molar-refractivity contribution in [3.63, 3.8) is 0 Å². The van der Waals surface area contributed by atoms with Crippen molar-refractivity contribution in [2.75, 3.05) is 18.6 Å². The van der Waals surface area contributed by atoms with E-state index < -0.39 is 8.32 Å². The predicted octanol–water partition coefficient (Wildman–Crippen LogP) is 7.06. The number of benzene rings is 1. The number of methoxy groups -OCH3 is 1. The Labute approximate surface area is 212 Å². The van der Waals surface area contributed by atoms with Crippen molar-refractivity contribution in [2.45, 2.75) is 110 Å². The molecule has 8 heteroatoms. The van der Waals surface area contributed by atoms with E-state index in [4.69, 9.17) is 9.16 Å². The van der Waals surface area contributed by atoms with Gasteiger partial charge in [0, 0.05) is 24.8 Å². The summed E-state index contributed by atoms with van der Waals surface area (Å²) in [4.78, 5) is 25.8. The van der Waals surface area contributed by atoms with Crippen molar-refractivity contribution in [1.82, 2.24) is 0 Å². The monoisotopic (exact) mass is 506 g/mol. The van der Waals surface area contributed by atoms with Crippen molar-refractivity contribution in [3.05, 3.63) is 33.9 Å². The molecule has 1 unspecified atom stereocenters. The van der Waals surface area contributed by atoms with Crippen LogP contribution in [0.4, 0.5) is 11.4 Å². The Morgan fingerprint density at radius 3 is 2.26 bits per heavy atom. The summed E-state index contributed by atoms with van der Waals surface area (Å²) >= 11 is 0. The maximum Gasteiger partial charge on any atom is 0.306 e. The Balaban J connectivity index is 2.26. The van der Waals surface area contributed by atoms with E-state index in [1.807, 2.05) is 19.1 Å². The third-order valence-corrected chi connectivity index (χ3v) is 12.2. The van der Waals surface area contributed by atoms with E-state index in [1.54, 1.807) is 6.07 Å². The van der Waals surface area contributed by atoms with Gasteiger partial charge in [-0.05, 0) is 67.3 Å². The van der Waals surface area contributed by atoms with Crippen molar-refractivity contribution in [3.8, 4) is 0 Å². The van der Waals surface area contributed by atoms with Crippen LogP contribution in [0.5, 0.6) is 0 Å². The first-order valence-electron chi connectivity index (χ1n) is 13.0. The standard InChI is InChI=1S/C27H46N2O5Si/c1-19(2)18-28(22-11-13-23(14-12-22)34-35(8,9)27(4,5)6)24-15-10-21(17-25(24)29(31)32)20(3)16-26(30)33-7/h10,15,17,19-20,22-23H,11-14,16,18H2,1-9H3/t20?,22-,23-. The zero-order valence-electron chi connectivity index (χ0n) is 23.2. The smallest absolute Gasteiger partial charge is 0.306 e. The van der Waals surface area contributed by atoms with Crippen LogP contribution in [0.15, 0.2) is 18.2 Å². The molecule has 0 amide bonds. The van der Waals surface area contributed by atoms with Gasteiger partial charge in [0.25, 0.3) is 5.69 Å². The number of carbonyl (C=O) groups is 1. The number of esters is 1. The van der Waals surface area contributed by atoms with Gasteiger partial charge in [-0.2, -0.15) is 0 Å². The largest absolute Gasteiger partial charge is 0.469 e. The van der Waals surface area contributed by atoms with Crippen molar-refractivity contribution in [1.29, 1.82) is 0 Å². The van der Waals surface area contributed by atoms with Gasteiger partial charge >= 0.3 is 5.97 Å². The summed E-state index contributed by atoms with van der Waals surface area (Å²) in [5.41, 5.74) is 1.56. The summed E-state index contributed by atoms with van der Waals surface area (Å²) < 4.78 is 11.5.